The first kappa shape index (κ1) is 8.08. The molecule has 0 N–H and O–H groups in total. The second kappa shape index (κ2) is 2.55. The summed E-state index contributed by atoms with van der Waals surface area (Å²) in [6, 6.07) is 0. The van der Waals surface area contributed by atoms with E-state index < -0.39 is 8.24 Å². The molecule has 0 saturated carbocycles. The van der Waals surface area contributed by atoms with Crippen molar-refractivity contribution < 1.29 is 0 Å². The van der Waals surface area contributed by atoms with Crippen molar-refractivity contribution in [3.05, 3.63) is 12.1 Å². The summed E-state index contributed by atoms with van der Waals surface area (Å²) in [5, 5.41) is 0. The molecule has 0 saturated heterocycles. The Morgan fingerprint density at radius 2 is 2.00 bits per heavy atom. The third-order valence-corrected chi connectivity index (χ3v) is 4.38. The van der Waals surface area contributed by atoms with Crippen LogP contribution in [0.1, 0.15) is 0 Å². The minimum Gasteiger partial charge on any atom is -0.358 e. The van der Waals surface area contributed by atoms with Crippen LogP contribution in [-0.2, 0) is 0 Å². The van der Waals surface area contributed by atoms with Crippen LogP contribution < -0.4 is 0 Å². The molecule has 0 unspecified atom stereocenters. The summed E-state index contributed by atoms with van der Waals surface area (Å²) in [4.78, 5) is 0. The Kier molecular flexibility index (Phi) is 2.06. The van der Waals surface area contributed by atoms with Crippen molar-refractivity contribution in [2.75, 3.05) is 6.54 Å². The smallest absolute Gasteiger partial charge is 0.239 e. The van der Waals surface area contributed by atoms with E-state index in [2.05, 4.69) is 43.0 Å². The summed E-state index contributed by atoms with van der Waals surface area (Å²) < 4.78 is 2.62. The molecule has 0 radical (unpaired) electrons. The van der Waals surface area contributed by atoms with Crippen LogP contribution in [0.15, 0.2) is 12.1 Å². The molecule has 0 aliphatic carbocycles. The van der Waals surface area contributed by atoms with Gasteiger partial charge in [0, 0.05) is 0 Å². The Labute approximate surface area is 65.3 Å². The van der Waals surface area contributed by atoms with Gasteiger partial charge in [-0.1, -0.05) is 32.5 Å². The average molecular weight is 153 g/mol. The molecule has 1 rings (SSSR count). The van der Waals surface area contributed by atoms with E-state index in [4.69, 9.17) is 0 Å². The highest BCUT2D eigenvalue weighted by Crippen LogP contribution is 2.15. The maximum absolute atomic E-state index is 2.62. The fourth-order valence-corrected chi connectivity index (χ4v) is 3.49. The van der Waals surface area contributed by atoms with Gasteiger partial charge in [-0.2, -0.15) is 0 Å². The van der Waals surface area contributed by atoms with Crippen LogP contribution >= 0.6 is 0 Å². The van der Waals surface area contributed by atoms with Gasteiger partial charge >= 0.3 is 0 Å². The second-order valence-corrected chi connectivity index (χ2v) is 8.91. The van der Waals surface area contributed by atoms with Gasteiger partial charge in [0.25, 0.3) is 0 Å². The van der Waals surface area contributed by atoms with Crippen molar-refractivity contribution in [1.29, 1.82) is 0 Å². The minimum absolute atomic E-state index is 0.687. The molecule has 56 valence electrons. The SMILES string of the molecule is CB1C=CCN1[Si](C)(C)C. The van der Waals surface area contributed by atoms with E-state index in [0.29, 0.717) is 6.85 Å². The molecule has 0 aromatic heterocycles. The van der Waals surface area contributed by atoms with Gasteiger partial charge in [0.15, 0.2) is 0 Å². The monoisotopic (exact) mass is 153 g/mol. The zero-order valence-corrected chi connectivity index (χ0v) is 8.39. The van der Waals surface area contributed by atoms with E-state index in [0.717, 1.165) is 0 Å². The first-order chi connectivity index (χ1) is 4.52. The number of nitrogens with zero attached hydrogens (tertiary/aromatic N) is 1. The lowest BCUT2D eigenvalue weighted by Gasteiger charge is -2.32. The standard InChI is InChI=1S/C7H16BNSi/c1-8-6-5-7-9(8)10(2,3)4/h5-6H,7H2,1-4H3. The summed E-state index contributed by atoms with van der Waals surface area (Å²) in [5.41, 5.74) is 0. The van der Waals surface area contributed by atoms with Gasteiger partial charge in [0.2, 0.25) is 6.85 Å². The van der Waals surface area contributed by atoms with Crippen LogP contribution in [0.4, 0.5) is 0 Å². The molecule has 0 fully saturated rings. The molecule has 3 heteroatoms. The minimum atomic E-state index is -1.02. The molecule has 1 nitrogen and oxygen atoms in total. The zero-order valence-electron chi connectivity index (χ0n) is 7.39. The largest absolute Gasteiger partial charge is 0.358 e. The normalized spacial score (nSPS) is 20.6. The third-order valence-electron chi connectivity index (χ3n) is 2.07. The van der Waals surface area contributed by atoms with E-state index >= 15 is 0 Å². The Hall–Kier alpha value is -0.0182. The molecule has 0 bridgehead atoms. The van der Waals surface area contributed by atoms with Crippen molar-refractivity contribution in [1.82, 2.24) is 4.48 Å². The molecule has 0 aromatic carbocycles. The molecule has 0 amide bonds. The topological polar surface area (TPSA) is 3.24 Å². The summed E-state index contributed by atoms with van der Waals surface area (Å²) in [6.45, 7) is 11.3. The fraction of sp³-hybridized carbons (Fsp3) is 0.714. The molecule has 0 spiro atoms. The van der Waals surface area contributed by atoms with Crippen LogP contribution in [-0.4, -0.2) is 26.1 Å². The van der Waals surface area contributed by atoms with Crippen LogP contribution in [0.2, 0.25) is 26.5 Å². The Bertz CT molecular complexity index is 150. The first-order valence-corrected chi connectivity index (χ1v) is 7.40. The van der Waals surface area contributed by atoms with Gasteiger partial charge in [-0.25, -0.2) is 0 Å². The Morgan fingerprint density at radius 3 is 2.20 bits per heavy atom. The molecular formula is C7H16BNSi. The highest BCUT2D eigenvalue weighted by atomic mass is 28.3. The molecular weight excluding hydrogens is 137 g/mol. The highest BCUT2D eigenvalue weighted by molar-refractivity contribution is 6.84. The van der Waals surface area contributed by atoms with E-state index in [9.17, 15) is 0 Å². The summed E-state index contributed by atoms with van der Waals surface area (Å²) in [5.74, 6) is 2.30. The lowest BCUT2D eigenvalue weighted by molar-refractivity contribution is 0.730. The Morgan fingerprint density at radius 1 is 1.40 bits per heavy atom. The van der Waals surface area contributed by atoms with Gasteiger partial charge in [0.1, 0.15) is 8.24 Å². The maximum Gasteiger partial charge on any atom is 0.239 e. The van der Waals surface area contributed by atoms with Gasteiger partial charge in [-0.15, -0.1) is 5.98 Å². The number of hydrogen-bond donors (Lipinski definition) is 0. The summed E-state index contributed by atoms with van der Waals surface area (Å²) in [7, 11) is -1.02. The van der Waals surface area contributed by atoms with E-state index in [1.807, 2.05) is 0 Å². The van der Waals surface area contributed by atoms with Gasteiger partial charge in [0.05, 0.1) is 0 Å². The molecule has 1 heterocycles. The lowest BCUT2D eigenvalue weighted by Crippen LogP contribution is -2.50. The van der Waals surface area contributed by atoms with Crippen LogP contribution in [0.5, 0.6) is 0 Å². The second-order valence-electron chi connectivity index (χ2n) is 3.99. The van der Waals surface area contributed by atoms with Gasteiger partial charge < -0.3 is 4.48 Å². The van der Waals surface area contributed by atoms with Crippen molar-refractivity contribution in [2.45, 2.75) is 26.5 Å². The molecule has 1 aliphatic heterocycles. The first-order valence-electron chi connectivity index (χ1n) is 3.95. The quantitative estimate of drug-likeness (QED) is 0.519. The summed E-state index contributed by atoms with van der Waals surface area (Å²) in [6.07, 6.45) is 2.28. The average Bonchev–Trinajstić information content (AvgIpc) is 2.11. The summed E-state index contributed by atoms with van der Waals surface area (Å²) >= 11 is 0. The van der Waals surface area contributed by atoms with E-state index in [1.165, 1.54) is 6.54 Å². The van der Waals surface area contributed by atoms with E-state index in [1.54, 1.807) is 0 Å². The molecule has 1 aliphatic rings. The number of rotatable bonds is 1. The maximum atomic E-state index is 2.62. The van der Waals surface area contributed by atoms with Crippen molar-refractivity contribution in [2.24, 2.45) is 0 Å². The van der Waals surface area contributed by atoms with E-state index in [-0.39, 0.29) is 0 Å². The third kappa shape index (κ3) is 1.52. The Balaban J connectivity index is 2.60. The van der Waals surface area contributed by atoms with Crippen LogP contribution in [0.3, 0.4) is 0 Å². The molecule has 0 aromatic rings. The predicted octanol–water partition coefficient (Wildman–Crippen LogP) is 1.85. The molecule has 0 atom stereocenters. The van der Waals surface area contributed by atoms with Crippen molar-refractivity contribution in [3.63, 3.8) is 0 Å². The van der Waals surface area contributed by atoms with Crippen molar-refractivity contribution in [3.8, 4) is 0 Å². The molecule has 10 heavy (non-hydrogen) atoms. The van der Waals surface area contributed by atoms with Crippen LogP contribution in [0, 0.1) is 0 Å². The van der Waals surface area contributed by atoms with Gasteiger partial charge in [-0.05, 0) is 6.54 Å². The van der Waals surface area contributed by atoms with Crippen LogP contribution in [0.25, 0.3) is 0 Å². The predicted molar refractivity (Wildman–Crippen MR) is 50.8 cm³/mol. The zero-order chi connectivity index (χ0) is 7.78. The number of hydrogen-bond acceptors (Lipinski definition) is 1. The lowest BCUT2D eigenvalue weighted by atomic mass is 9.67. The fourth-order valence-electron chi connectivity index (χ4n) is 1.53. The highest BCUT2D eigenvalue weighted by Gasteiger charge is 2.30. The van der Waals surface area contributed by atoms with Gasteiger partial charge in [-0.3, -0.25) is 0 Å². The van der Waals surface area contributed by atoms with Crippen molar-refractivity contribution >= 4 is 15.1 Å².